The molecule has 0 spiro atoms. The zero-order valence-corrected chi connectivity index (χ0v) is 17.9. The number of nitrogens with zero attached hydrogens (tertiary/aromatic N) is 2. The average molecular weight is 396 g/mol. The van der Waals surface area contributed by atoms with Crippen LogP contribution in [-0.2, 0) is 10.7 Å². The second kappa shape index (κ2) is 11.9. The zero-order chi connectivity index (χ0) is 21.2. The number of amidine groups is 1. The van der Waals surface area contributed by atoms with Crippen molar-refractivity contribution in [3.05, 3.63) is 47.2 Å². The first-order valence-electron chi connectivity index (χ1n) is 9.93. The summed E-state index contributed by atoms with van der Waals surface area (Å²) in [5, 5.41) is 3.16. The highest BCUT2D eigenvalue weighted by atomic mass is 19.3. The third-order valence-corrected chi connectivity index (χ3v) is 4.44. The van der Waals surface area contributed by atoms with Crippen LogP contribution in [0.1, 0.15) is 50.3 Å². The van der Waals surface area contributed by atoms with Gasteiger partial charge in [0, 0.05) is 37.4 Å². The van der Waals surface area contributed by atoms with Gasteiger partial charge in [-0.15, -0.1) is 0 Å². The molecule has 0 aliphatic heterocycles. The SMILES string of the molecule is C=C(COC)NC(=NCCN(CCC)CCC)c1cccc(C(C)(F)F)c1C. The Kier molecular flexibility index (Phi) is 10.3. The monoisotopic (exact) mass is 395 g/mol. The van der Waals surface area contributed by atoms with Gasteiger partial charge in [-0.05, 0) is 38.4 Å². The van der Waals surface area contributed by atoms with Crippen molar-refractivity contribution in [1.29, 1.82) is 0 Å². The van der Waals surface area contributed by atoms with Crippen molar-refractivity contribution >= 4 is 5.84 Å². The summed E-state index contributed by atoms with van der Waals surface area (Å²) in [6, 6.07) is 4.92. The maximum atomic E-state index is 14.0. The Bertz CT molecular complexity index is 648. The lowest BCUT2D eigenvalue weighted by atomic mass is 9.97. The molecule has 6 heteroatoms. The fourth-order valence-corrected chi connectivity index (χ4v) is 3.21. The van der Waals surface area contributed by atoms with Gasteiger partial charge in [0.1, 0.15) is 5.84 Å². The molecule has 0 aromatic heterocycles. The molecule has 0 saturated heterocycles. The van der Waals surface area contributed by atoms with Gasteiger partial charge in [0.05, 0.1) is 13.2 Å². The molecule has 0 fully saturated rings. The Hall–Kier alpha value is -1.79. The summed E-state index contributed by atoms with van der Waals surface area (Å²) < 4.78 is 33.0. The molecule has 0 saturated carbocycles. The molecular formula is C22H35F2N3O. The number of hydrogen-bond acceptors (Lipinski definition) is 3. The Morgan fingerprint density at radius 1 is 1.21 bits per heavy atom. The van der Waals surface area contributed by atoms with E-state index in [9.17, 15) is 8.78 Å². The Labute approximate surface area is 168 Å². The normalized spacial score (nSPS) is 12.5. The molecule has 0 heterocycles. The lowest BCUT2D eigenvalue weighted by Crippen LogP contribution is -2.31. The van der Waals surface area contributed by atoms with E-state index in [2.05, 4.69) is 30.6 Å². The molecule has 1 rings (SSSR count). The van der Waals surface area contributed by atoms with E-state index in [1.54, 1.807) is 20.1 Å². The van der Waals surface area contributed by atoms with Crippen LogP contribution in [0.3, 0.4) is 0 Å². The summed E-state index contributed by atoms with van der Waals surface area (Å²) in [6.07, 6.45) is 2.18. The van der Waals surface area contributed by atoms with Crippen LogP contribution in [0.2, 0.25) is 0 Å². The Morgan fingerprint density at radius 3 is 2.39 bits per heavy atom. The van der Waals surface area contributed by atoms with Crippen molar-refractivity contribution in [2.45, 2.75) is 46.5 Å². The quantitative estimate of drug-likeness (QED) is 0.411. The fraction of sp³-hybridized carbons (Fsp3) is 0.591. The Morgan fingerprint density at radius 2 is 1.86 bits per heavy atom. The molecule has 1 aromatic carbocycles. The molecular weight excluding hydrogens is 360 g/mol. The third kappa shape index (κ3) is 7.68. The van der Waals surface area contributed by atoms with E-state index >= 15 is 0 Å². The molecule has 1 aromatic rings. The highest BCUT2D eigenvalue weighted by molar-refractivity contribution is 6.01. The lowest BCUT2D eigenvalue weighted by Gasteiger charge is -2.21. The van der Waals surface area contributed by atoms with Gasteiger partial charge in [0.25, 0.3) is 5.92 Å². The summed E-state index contributed by atoms with van der Waals surface area (Å²) in [5.74, 6) is -2.35. The minimum absolute atomic E-state index is 0.00967. The molecule has 0 amide bonds. The smallest absolute Gasteiger partial charge is 0.270 e. The number of alkyl halides is 2. The number of nitrogens with one attached hydrogen (secondary N) is 1. The van der Waals surface area contributed by atoms with Crippen LogP contribution in [0.25, 0.3) is 0 Å². The highest BCUT2D eigenvalue weighted by Crippen LogP contribution is 2.31. The summed E-state index contributed by atoms with van der Waals surface area (Å²) in [6.45, 7) is 14.7. The topological polar surface area (TPSA) is 36.9 Å². The first kappa shape index (κ1) is 24.2. The van der Waals surface area contributed by atoms with Crippen molar-refractivity contribution in [2.24, 2.45) is 4.99 Å². The van der Waals surface area contributed by atoms with Gasteiger partial charge in [0.15, 0.2) is 0 Å². The maximum absolute atomic E-state index is 14.0. The van der Waals surface area contributed by atoms with Gasteiger partial charge >= 0.3 is 0 Å². The number of aliphatic imine (C=N–C) groups is 1. The summed E-state index contributed by atoms with van der Waals surface area (Å²) in [4.78, 5) is 7.08. The van der Waals surface area contributed by atoms with Crippen molar-refractivity contribution in [3.63, 3.8) is 0 Å². The predicted molar refractivity (Wildman–Crippen MR) is 113 cm³/mol. The third-order valence-electron chi connectivity index (χ3n) is 4.44. The van der Waals surface area contributed by atoms with Crippen LogP contribution in [0.4, 0.5) is 8.78 Å². The van der Waals surface area contributed by atoms with Crippen LogP contribution >= 0.6 is 0 Å². The van der Waals surface area contributed by atoms with Gasteiger partial charge in [-0.2, -0.15) is 0 Å². The minimum atomic E-state index is -2.91. The molecule has 4 nitrogen and oxygen atoms in total. The van der Waals surface area contributed by atoms with E-state index in [0.29, 0.717) is 35.8 Å². The Balaban J connectivity index is 3.14. The molecule has 0 unspecified atom stereocenters. The van der Waals surface area contributed by atoms with E-state index in [0.717, 1.165) is 39.4 Å². The summed E-state index contributed by atoms with van der Waals surface area (Å²) in [7, 11) is 1.58. The standard InChI is InChI=1S/C22H35F2N3O/c1-7-13-27(14-8-2)15-12-25-21(26-17(3)16-28-6)19-10-9-11-20(18(19)4)22(5,23)24/h9-11H,3,7-8,12-16H2,1-2,4-6H3,(H,25,26). The van der Waals surface area contributed by atoms with Gasteiger partial charge in [-0.25, -0.2) is 8.78 Å². The van der Waals surface area contributed by atoms with E-state index < -0.39 is 5.92 Å². The average Bonchev–Trinajstić information content (AvgIpc) is 2.60. The van der Waals surface area contributed by atoms with Crippen molar-refractivity contribution in [3.8, 4) is 0 Å². The van der Waals surface area contributed by atoms with Crippen LogP contribution in [0, 0.1) is 6.92 Å². The molecule has 0 bridgehead atoms. The lowest BCUT2D eigenvalue weighted by molar-refractivity contribution is 0.0168. The molecule has 0 aliphatic carbocycles. The number of halogens is 2. The molecule has 1 N–H and O–H groups in total. The molecule has 0 aliphatic rings. The van der Waals surface area contributed by atoms with E-state index in [-0.39, 0.29) is 5.56 Å². The first-order chi connectivity index (χ1) is 13.2. The summed E-state index contributed by atoms with van der Waals surface area (Å²) >= 11 is 0. The number of methoxy groups -OCH3 is 1. The molecule has 28 heavy (non-hydrogen) atoms. The number of rotatable bonds is 12. The number of hydrogen-bond donors (Lipinski definition) is 1. The van der Waals surface area contributed by atoms with Crippen LogP contribution in [-0.4, -0.2) is 50.6 Å². The van der Waals surface area contributed by atoms with Crippen molar-refractivity contribution in [1.82, 2.24) is 10.2 Å². The van der Waals surface area contributed by atoms with Gasteiger partial charge in [-0.3, -0.25) is 4.99 Å². The zero-order valence-electron chi connectivity index (χ0n) is 17.9. The number of benzene rings is 1. The van der Waals surface area contributed by atoms with E-state index in [1.165, 1.54) is 6.07 Å². The second-order valence-electron chi connectivity index (χ2n) is 7.10. The van der Waals surface area contributed by atoms with Gasteiger partial charge in [-0.1, -0.05) is 38.6 Å². The molecule has 0 atom stereocenters. The van der Waals surface area contributed by atoms with Crippen molar-refractivity contribution < 1.29 is 13.5 Å². The van der Waals surface area contributed by atoms with Gasteiger partial charge in [0.2, 0.25) is 0 Å². The highest BCUT2D eigenvalue weighted by Gasteiger charge is 2.27. The predicted octanol–water partition coefficient (Wildman–Crippen LogP) is 4.73. The largest absolute Gasteiger partial charge is 0.379 e. The first-order valence-corrected chi connectivity index (χ1v) is 9.93. The summed E-state index contributed by atoms with van der Waals surface area (Å²) in [5.41, 5.74) is 1.82. The second-order valence-corrected chi connectivity index (χ2v) is 7.10. The van der Waals surface area contributed by atoms with Gasteiger partial charge < -0.3 is 15.0 Å². The maximum Gasteiger partial charge on any atom is 0.270 e. The molecule has 158 valence electrons. The molecule has 0 radical (unpaired) electrons. The van der Waals surface area contributed by atoms with Crippen LogP contribution in [0.5, 0.6) is 0 Å². The van der Waals surface area contributed by atoms with E-state index in [4.69, 9.17) is 9.73 Å². The van der Waals surface area contributed by atoms with Crippen LogP contribution < -0.4 is 5.32 Å². The van der Waals surface area contributed by atoms with E-state index in [1.807, 2.05) is 6.07 Å². The van der Waals surface area contributed by atoms with Crippen LogP contribution in [0.15, 0.2) is 35.5 Å². The van der Waals surface area contributed by atoms with Crippen molar-refractivity contribution in [2.75, 3.05) is 39.9 Å². The number of ether oxygens (including phenoxy) is 1. The minimum Gasteiger partial charge on any atom is -0.379 e. The fourth-order valence-electron chi connectivity index (χ4n) is 3.21.